The largest absolute Gasteiger partial charge is 0.463 e. The molecule has 0 N–H and O–H groups in total. The van der Waals surface area contributed by atoms with Gasteiger partial charge in [-0.05, 0) is 6.42 Å². The van der Waals surface area contributed by atoms with E-state index in [1.165, 1.54) is 6.08 Å². The highest BCUT2D eigenvalue weighted by atomic mass is 28.3. The van der Waals surface area contributed by atoms with Gasteiger partial charge >= 0.3 is 5.97 Å². The molecule has 1 unspecified atom stereocenters. The van der Waals surface area contributed by atoms with Gasteiger partial charge in [0.25, 0.3) is 0 Å². The van der Waals surface area contributed by atoms with Gasteiger partial charge in [0.15, 0.2) is 0 Å². The predicted octanol–water partition coefficient (Wildman–Crippen LogP) is 1.12. The molecule has 0 radical (unpaired) electrons. The monoisotopic (exact) mass is 232 g/mol. The Bertz CT molecular complexity index is 192. The molecule has 0 aromatic carbocycles. The molecule has 0 aromatic rings. The van der Waals surface area contributed by atoms with Crippen LogP contribution in [0, 0.1) is 0 Å². The lowest BCUT2D eigenvalue weighted by atomic mass is 10.5. The SMILES string of the molecule is C=CC(=O)OCCC[SiH](C)C(OC)OC. The van der Waals surface area contributed by atoms with Crippen LogP contribution in [0.15, 0.2) is 12.7 Å². The van der Waals surface area contributed by atoms with E-state index in [0.29, 0.717) is 6.61 Å². The third-order valence-corrected chi connectivity index (χ3v) is 4.94. The Morgan fingerprint density at radius 2 is 2.07 bits per heavy atom. The zero-order chi connectivity index (χ0) is 11.7. The van der Waals surface area contributed by atoms with E-state index in [1.807, 2.05) is 0 Å². The second kappa shape index (κ2) is 8.64. The summed E-state index contributed by atoms with van der Waals surface area (Å²) in [5, 5.41) is 0. The lowest BCUT2D eigenvalue weighted by Gasteiger charge is -2.19. The Kier molecular flexibility index (Phi) is 8.26. The van der Waals surface area contributed by atoms with Gasteiger partial charge in [-0.15, -0.1) is 0 Å². The Balaban J connectivity index is 3.57. The number of rotatable bonds is 8. The fourth-order valence-corrected chi connectivity index (χ4v) is 3.35. The summed E-state index contributed by atoms with van der Waals surface area (Å²) in [6.07, 6.45) is 2.03. The maximum Gasteiger partial charge on any atom is 0.330 e. The molecule has 0 bridgehead atoms. The molecule has 0 aromatic heterocycles. The highest BCUT2D eigenvalue weighted by molar-refractivity contribution is 6.58. The van der Waals surface area contributed by atoms with E-state index in [9.17, 15) is 4.79 Å². The molecule has 0 rings (SSSR count). The van der Waals surface area contributed by atoms with Gasteiger partial charge < -0.3 is 14.2 Å². The molecule has 0 aliphatic carbocycles. The summed E-state index contributed by atoms with van der Waals surface area (Å²) in [6.45, 7) is 5.94. The van der Waals surface area contributed by atoms with E-state index >= 15 is 0 Å². The normalized spacial score (nSPS) is 12.5. The Labute approximate surface area is 92.8 Å². The van der Waals surface area contributed by atoms with Crippen LogP contribution in [0.1, 0.15) is 6.42 Å². The summed E-state index contributed by atoms with van der Waals surface area (Å²) >= 11 is 0. The van der Waals surface area contributed by atoms with Crippen LogP contribution in [0.3, 0.4) is 0 Å². The summed E-state index contributed by atoms with van der Waals surface area (Å²) in [7, 11) is 2.25. The third-order valence-electron chi connectivity index (χ3n) is 2.14. The van der Waals surface area contributed by atoms with Crippen molar-refractivity contribution in [3.8, 4) is 0 Å². The Hall–Kier alpha value is -0.653. The molecule has 0 saturated carbocycles. The summed E-state index contributed by atoms with van der Waals surface area (Å²) in [5.41, 5.74) is 0. The van der Waals surface area contributed by atoms with Gasteiger partial charge in [-0.25, -0.2) is 4.79 Å². The van der Waals surface area contributed by atoms with Crippen LogP contribution < -0.4 is 0 Å². The molecule has 4 nitrogen and oxygen atoms in total. The predicted molar refractivity (Wildman–Crippen MR) is 61.4 cm³/mol. The summed E-state index contributed by atoms with van der Waals surface area (Å²) in [4.78, 5) is 10.7. The van der Waals surface area contributed by atoms with Crippen molar-refractivity contribution in [1.82, 2.24) is 0 Å². The topological polar surface area (TPSA) is 44.8 Å². The number of methoxy groups -OCH3 is 2. The van der Waals surface area contributed by atoms with Crippen LogP contribution in [0.4, 0.5) is 0 Å². The summed E-state index contributed by atoms with van der Waals surface area (Å²) in [5.74, 6) is -0.417. The van der Waals surface area contributed by atoms with Crippen molar-refractivity contribution in [1.29, 1.82) is 0 Å². The first-order valence-electron chi connectivity index (χ1n) is 5.00. The van der Waals surface area contributed by atoms with Crippen molar-refractivity contribution in [2.24, 2.45) is 0 Å². The first kappa shape index (κ1) is 14.3. The van der Waals surface area contributed by atoms with E-state index in [1.54, 1.807) is 14.2 Å². The molecule has 0 aliphatic heterocycles. The Morgan fingerprint density at radius 1 is 1.47 bits per heavy atom. The van der Waals surface area contributed by atoms with Gasteiger partial charge in [0.05, 0.1) is 6.61 Å². The van der Waals surface area contributed by atoms with Crippen LogP contribution in [-0.2, 0) is 19.0 Å². The minimum absolute atomic E-state index is 0.0555. The number of ether oxygens (including phenoxy) is 3. The molecule has 0 saturated heterocycles. The first-order valence-corrected chi connectivity index (χ1v) is 7.64. The highest BCUT2D eigenvalue weighted by Crippen LogP contribution is 2.06. The van der Waals surface area contributed by atoms with Crippen molar-refractivity contribution in [2.45, 2.75) is 24.9 Å². The smallest absolute Gasteiger partial charge is 0.330 e. The van der Waals surface area contributed by atoms with Gasteiger partial charge in [0.2, 0.25) is 0 Å². The number of hydrogen-bond donors (Lipinski definition) is 0. The average molecular weight is 232 g/mol. The molecular formula is C10H20O4Si. The number of hydrogen-bond acceptors (Lipinski definition) is 4. The van der Waals surface area contributed by atoms with Crippen LogP contribution in [0.5, 0.6) is 0 Å². The number of carbonyl (C=O) groups excluding carboxylic acids is 1. The van der Waals surface area contributed by atoms with E-state index in [-0.39, 0.29) is 11.9 Å². The molecule has 0 fully saturated rings. The molecule has 0 heterocycles. The van der Waals surface area contributed by atoms with Crippen molar-refractivity contribution >= 4 is 14.8 Å². The van der Waals surface area contributed by atoms with Crippen LogP contribution >= 0.6 is 0 Å². The fraction of sp³-hybridized carbons (Fsp3) is 0.700. The van der Waals surface area contributed by atoms with E-state index in [4.69, 9.17) is 14.2 Å². The lowest BCUT2D eigenvalue weighted by molar-refractivity contribution is -0.137. The third kappa shape index (κ3) is 6.43. The van der Waals surface area contributed by atoms with E-state index in [2.05, 4.69) is 13.1 Å². The van der Waals surface area contributed by atoms with Crippen molar-refractivity contribution in [3.05, 3.63) is 12.7 Å². The van der Waals surface area contributed by atoms with E-state index < -0.39 is 8.80 Å². The summed E-state index contributed by atoms with van der Waals surface area (Å²) in [6, 6.07) is 1.02. The van der Waals surface area contributed by atoms with Gasteiger partial charge in [-0.3, -0.25) is 0 Å². The van der Waals surface area contributed by atoms with Crippen LogP contribution in [0.25, 0.3) is 0 Å². The average Bonchev–Trinajstić information content (AvgIpc) is 2.25. The number of carbonyl (C=O) groups is 1. The van der Waals surface area contributed by atoms with Crippen molar-refractivity contribution in [3.63, 3.8) is 0 Å². The van der Waals surface area contributed by atoms with Gasteiger partial charge in [-0.1, -0.05) is 19.2 Å². The second-order valence-corrected chi connectivity index (χ2v) is 6.41. The molecule has 88 valence electrons. The minimum atomic E-state index is -1.05. The van der Waals surface area contributed by atoms with Gasteiger partial charge in [0.1, 0.15) is 14.7 Å². The quantitative estimate of drug-likeness (QED) is 0.207. The van der Waals surface area contributed by atoms with Gasteiger partial charge in [0, 0.05) is 20.3 Å². The Morgan fingerprint density at radius 3 is 2.53 bits per heavy atom. The molecule has 1 atom stereocenters. The van der Waals surface area contributed by atoms with E-state index in [0.717, 1.165) is 12.5 Å². The highest BCUT2D eigenvalue weighted by Gasteiger charge is 2.16. The van der Waals surface area contributed by atoms with Gasteiger partial charge in [-0.2, -0.15) is 0 Å². The standard InChI is InChI=1S/C10H20O4Si/c1-5-9(11)14-7-6-8-15(4)10(12-2)13-3/h5,10,15H,1,6-8H2,2-4H3. The molecule has 5 heteroatoms. The molecule has 0 aliphatic rings. The van der Waals surface area contributed by atoms with Crippen molar-refractivity contribution in [2.75, 3.05) is 20.8 Å². The molecule has 0 spiro atoms. The first-order chi connectivity index (χ1) is 7.15. The van der Waals surface area contributed by atoms with Crippen molar-refractivity contribution < 1.29 is 19.0 Å². The maximum atomic E-state index is 10.7. The zero-order valence-electron chi connectivity index (χ0n) is 9.69. The maximum absolute atomic E-state index is 10.7. The lowest BCUT2D eigenvalue weighted by Crippen LogP contribution is -2.31. The number of esters is 1. The second-order valence-electron chi connectivity index (χ2n) is 3.33. The fourth-order valence-electron chi connectivity index (χ4n) is 1.33. The molecule has 15 heavy (non-hydrogen) atoms. The zero-order valence-corrected chi connectivity index (χ0v) is 10.8. The minimum Gasteiger partial charge on any atom is -0.463 e. The van der Waals surface area contributed by atoms with Crippen LogP contribution in [-0.4, -0.2) is 41.5 Å². The summed E-state index contributed by atoms with van der Waals surface area (Å²) < 4.78 is 15.2. The van der Waals surface area contributed by atoms with Crippen LogP contribution in [0.2, 0.25) is 12.6 Å². The molecule has 0 amide bonds. The molecular weight excluding hydrogens is 212 g/mol.